The van der Waals surface area contributed by atoms with Crippen molar-refractivity contribution in [1.82, 2.24) is 5.32 Å². The minimum absolute atomic E-state index is 0.256. The van der Waals surface area contributed by atoms with Gasteiger partial charge in [-0.05, 0) is 68.1 Å². The zero-order chi connectivity index (χ0) is 18.4. The van der Waals surface area contributed by atoms with E-state index in [4.69, 9.17) is 16.3 Å². The maximum Gasteiger partial charge on any atom is 0.312 e. The van der Waals surface area contributed by atoms with Gasteiger partial charge < -0.3 is 10.1 Å². The maximum absolute atomic E-state index is 12.9. The molecule has 4 atom stereocenters. The number of alkyl halides is 1. The van der Waals surface area contributed by atoms with Crippen molar-refractivity contribution in [3.8, 4) is 0 Å². The van der Waals surface area contributed by atoms with E-state index in [1.165, 1.54) is 18.6 Å². The lowest BCUT2D eigenvalue weighted by molar-refractivity contribution is -0.171. The van der Waals surface area contributed by atoms with E-state index >= 15 is 0 Å². The third-order valence-corrected chi connectivity index (χ3v) is 6.60. The van der Waals surface area contributed by atoms with Crippen molar-refractivity contribution in [2.75, 3.05) is 6.61 Å². The Morgan fingerprint density at radius 3 is 2.42 bits per heavy atom. The van der Waals surface area contributed by atoms with Gasteiger partial charge in [0.15, 0.2) is 6.61 Å². The molecule has 6 heteroatoms. The van der Waals surface area contributed by atoms with Gasteiger partial charge in [0, 0.05) is 11.4 Å². The highest BCUT2D eigenvalue weighted by Gasteiger charge is 2.60. The Labute approximate surface area is 157 Å². The molecule has 1 aromatic carbocycles. The Morgan fingerprint density at radius 1 is 1.15 bits per heavy atom. The number of benzene rings is 1. The fraction of sp³-hybridized carbons (Fsp3) is 0.600. The number of rotatable bonds is 5. The van der Waals surface area contributed by atoms with Gasteiger partial charge in [-0.3, -0.25) is 9.59 Å². The average molecular weight is 380 g/mol. The lowest BCUT2D eigenvalue weighted by Crippen LogP contribution is -2.56. The number of carbonyl (C=O) groups excluding carboxylic acids is 2. The summed E-state index contributed by atoms with van der Waals surface area (Å²) in [7, 11) is 0. The van der Waals surface area contributed by atoms with Gasteiger partial charge in [0.1, 0.15) is 5.82 Å². The second kappa shape index (κ2) is 6.52. The average Bonchev–Trinajstić information content (AvgIpc) is 2.57. The van der Waals surface area contributed by atoms with Gasteiger partial charge in [0.2, 0.25) is 0 Å². The van der Waals surface area contributed by atoms with Crippen LogP contribution in [-0.2, 0) is 20.9 Å². The third-order valence-electron chi connectivity index (χ3n) is 6.16. The van der Waals surface area contributed by atoms with Crippen LogP contribution in [0.25, 0.3) is 0 Å². The molecule has 140 valence electrons. The van der Waals surface area contributed by atoms with Crippen LogP contribution in [0.2, 0.25) is 0 Å². The molecular weight excluding hydrogens is 357 g/mol. The van der Waals surface area contributed by atoms with Crippen LogP contribution in [0, 0.1) is 23.1 Å². The van der Waals surface area contributed by atoms with Crippen molar-refractivity contribution in [1.29, 1.82) is 0 Å². The maximum atomic E-state index is 12.9. The lowest BCUT2D eigenvalue weighted by Gasteiger charge is -2.58. The first-order valence-corrected chi connectivity index (χ1v) is 9.61. The van der Waals surface area contributed by atoms with Gasteiger partial charge in [-0.25, -0.2) is 4.39 Å². The Balaban J connectivity index is 1.30. The minimum Gasteiger partial charge on any atom is -0.455 e. The van der Waals surface area contributed by atoms with Crippen molar-refractivity contribution < 1.29 is 18.7 Å². The number of esters is 1. The summed E-state index contributed by atoms with van der Waals surface area (Å²) < 4.78 is 18.2. The van der Waals surface area contributed by atoms with Crippen molar-refractivity contribution in [3.63, 3.8) is 0 Å². The molecule has 1 amide bonds. The first-order chi connectivity index (χ1) is 12.4. The van der Waals surface area contributed by atoms with Gasteiger partial charge >= 0.3 is 5.97 Å². The van der Waals surface area contributed by atoms with Crippen molar-refractivity contribution in [2.24, 2.45) is 17.3 Å². The predicted molar refractivity (Wildman–Crippen MR) is 94.9 cm³/mol. The van der Waals surface area contributed by atoms with Gasteiger partial charge in [0.05, 0.1) is 5.41 Å². The van der Waals surface area contributed by atoms with E-state index in [0.29, 0.717) is 18.3 Å². The first kappa shape index (κ1) is 17.8. The zero-order valence-electron chi connectivity index (χ0n) is 14.6. The molecule has 0 aliphatic heterocycles. The molecule has 2 unspecified atom stereocenters. The zero-order valence-corrected chi connectivity index (χ0v) is 15.4. The molecule has 5 rings (SSSR count). The quantitative estimate of drug-likeness (QED) is 0.628. The molecule has 0 heterocycles. The van der Waals surface area contributed by atoms with E-state index in [1.54, 1.807) is 12.1 Å². The number of amides is 1. The Bertz CT molecular complexity index is 706. The van der Waals surface area contributed by atoms with E-state index in [1.807, 2.05) is 0 Å². The Hall–Kier alpha value is -1.62. The molecule has 0 saturated heterocycles. The highest BCUT2D eigenvalue weighted by molar-refractivity contribution is 6.24. The van der Waals surface area contributed by atoms with Crippen molar-refractivity contribution >= 4 is 23.5 Å². The van der Waals surface area contributed by atoms with Gasteiger partial charge in [-0.1, -0.05) is 12.1 Å². The largest absolute Gasteiger partial charge is 0.455 e. The van der Waals surface area contributed by atoms with Gasteiger partial charge in [0.25, 0.3) is 5.91 Å². The SMILES string of the molecule is O=C(COC(=O)C12C[C@@H]3C[C@@H](CC(Cl)(C3)C1)C2)NCc1ccc(F)cc1. The van der Waals surface area contributed by atoms with Crippen molar-refractivity contribution in [3.05, 3.63) is 35.6 Å². The number of hydrogen-bond acceptors (Lipinski definition) is 3. The standard InChI is InChI=1S/C20H23ClFNO3/c21-20-8-14-5-15(9-20)7-19(6-14,12-20)18(25)26-11-17(24)23-10-13-1-3-16(22)4-2-13/h1-4,14-15H,5-12H2,(H,23,24)/t14-,15+,19?,20?. The minimum atomic E-state index is -0.497. The summed E-state index contributed by atoms with van der Waals surface area (Å²) in [6, 6.07) is 5.90. The van der Waals surface area contributed by atoms with Crippen LogP contribution in [0.4, 0.5) is 4.39 Å². The fourth-order valence-electron chi connectivity index (χ4n) is 5.53. The number of hydrogen-bond donors (Lipinski definition) is 1. The second-order valence-electron chi connectivity index (χ2n) is 8.37. The summed E-state index contributed by atoms with van der Waals surface area (Å²) in [6.07, 6.45) is 5.52. The summed E-state index contributed by atoms with van der Waals surface area (Å²) in [5.74, 6) is 0.0744. The van der Waals surface area contributed by atoms with Gasteiger partial charge in [-0.15, -0.1) is 11.6 Å². The molecular formula is C20H23ClFNO3. The second-order valence-corrected chi connectivity index (χ2v) is 9.17. The molecule has 4 bridgehead atoms. The molecule has 4 aliphatic carbocycles. The summed E-state index contributed by atoms with van der Waals surface area (Å²) >= 11 is 6.74. The molecule has 26 heavy (non-hydrogen) atoms. The topological polar surface area (TPSA) is 55.4 Å². The molecule has 4 aliphatic rings. The summed E-state index contributed by atoms with van der Waals surface area (Å²) in [5, 5.41) is 2.69. The lowest BCUT2D eigenvalue weighted by atomic mass is 9.49. The Morgan fingerprint density at radius 2 is 1.81 bits per heavy atom. The van der Waals surface area contributed by atoms with Crippen LogP contribution < -0.4 is 5.32 Å². The van der Waals surface area contributed by atoms with Crippen LogP contribution >= 0.6 is 11.6 Å². The highest BCUT2D eigenvalue weighted by Crippen LogP contribution is 2.64. The monoisotopic (exact) mass is 379 g/mol. The first-order valence-electron chi connectivity index (χ1n) is 9.23. The molecule has 1 N–H and O–H groups in total. The molecule has 4 saturated carbocycles. The summed E-state index contributed by atoms with van der Waals surface area (Å²) in [6.45, 7) is -0.0108. The number of carbonyl (C=O) groups is 2. The fourth-order valence-corrected chi connectivity index (χ4v) is 6.22. The van der Waals surface area contributed by atoms with Crippen LogP contribution in [0.15, 0.2) is 24.3 Å². The van der Waals surface area contributed by atoms with Crippen LogP contribution in [-0.4, -0.2) is 23.4 Å². The molecule has 0 aromatic heterocycles. The van der Waals surface area contributed by atoms with Crippen LogP contribution in [0.3, 0.4) is 0 Å². The normalized spacial score (nSPS) is 34.5. The van der Waals surface area contributed by atoms with Gasteiger partial charge in [-0.2, -0.15) is 0 Å². The molecule has 0 radical (unpaired) electrons. The predicted octanol–water partition coefficient (Wildman–Crippen LogP) is 3.56. The molecule has 0 spiro atoms. The van der Waals surface area contributed by atoms with E-state index < -0.39 is 5.41 Å². The van der Waals surface area contributed by atoms with E-state index in [0.717, 1.165) is 31.2 Å². The smallest absolute Gasteiger partial charge is 0.312 e. The van der Waals surface area contributed by atoms with Crippen LogP contribution in [0.1, 0.15) is 44.1 Å². The van der Waals surface area contributed by atoms with E-state index in [-0.39, 0.29) is 35.7 Å². The molecule has 4 nitrogen and oxygen atoms in total. The summed E-state index contributed by atoms with van der Waals surface area (Å²) in [5.41, 5.74) is 0.291. The number of nitrogens with one attached hydrogen (secondary N) is 1. The van der Waals surface area contributed by atoms with E-state index in [9.17, 15) is 14.0 Å². The molecule has 1 aromatic rings. The van der Waals surface area contributed by atoms with E-state index in [2.05, 4.69) is 5.32 Å². The number of ether oxygens (including phenoxy) is 1. The third kappa shape index (κ3) is 3.46. The summed E-state index contributed by atoms with van der Waals surface area (Å²) in [4.78, 5) is 24.5. The highest BCUT2D eigenvalue weighted by atomic mass is 35.5. The van der Waals surface area contributed by atoms with Crippen LogP contribution in [0.5, 0.6) is 0 Å². The van der Waals surface area contributed by atoms with Crippen molar-refractivity contribution in [2.45, 2.75) is 49.9 Å². The Kier molecular flexibility index (Phi) is 4.46. The molecule has 4 fully saturated rings. The number of halogens is 2.